The van der Waals surface area contributed by atoms with Crippen LogP contribution in [-0.4, -0.2) is 0 Å². The van der Waals surface area contributed by atoms with Gasteiger partial charge >= 0.3 is 83.5 Å². The van der Waals surface area contributed by atoms with Crippen LogP contribution < -0.4 is 0 Å². The summed E-state index contributed by atoms with van der Waals surface area (Å²) in [5, 5.41) is 0. The molecule has 0 aromatic rings. The van der Waals surface area contributed by atoms with E-state index in [1.165, 1.54) is 0 Å². The summed E-state index contributed by atoms with van der Waals surface area (Å²) < 4.78 is 0. The maximum absolute atomic E-state index is 0. The van der Waals surface area contributed by atoms with Gasteiger partial charge in [-0.3, -0.25) is 0 Å². The minimum Gasteiger partial charge on any atom is -2.00 e. The Bertz CT molecular complexity index is 10.9. The van der Waals surface area contributed by atoms with E-state index in [2.05, 4.69) is 0 Å². The van der Waals surface area contributed by atoms with Gasteiger partial charge in [0.2, 0.25) is 0 Å². The Hall–Kier alpha value is 4.40. The molecule has 7 heavy (non-hydrogen) atoms. The molecule has 0 aromatic carbocycles. The minimum atomic E-state index is 0. The molecule has 0 heterocycles. The zero-order valence-corrected chi connectivity index (χ0v) is 14.4. The van der Waals surface area contributed by atoms with E-state index < -0.39 is 0 Å². The van der Waals surface area contributed by atoms with E-state index in [0.717, 1.165) is 0 Å². The first-order valence-electron chi connectivity index (χ1n) is 0. The zero-order valence-electron chi connectivity index (χ0n) is 3.22. The van der Waals surface area contributed by atoms with Gasteiger partial charge in [0.1, 0.15) is 0 Å². The van der Waals surface area contributed by atoms with Crippen molar-refractivity contribution in [2.75, 3.05) is 0 Å². The van der Waals surface area contributed by atoms with Gasteiger partial charge in [-0.25, -0.2) is 0 Å². The second kappa shape index (κ2) is 47.5. The van der Waals surface area contributed by atoms with E-state index in [0.29, 0.717) is 0 Å². The predicted molar refractivity (Wildman–Crippen MR) is 2.06 cm³/mol. The topological polar surface area (TPSA) is 85.5 Å². The van der Waals surface area contributed by atoms with Crippen LogP contribution in [0.25, 0.3) is 0 Å². The van der Waals surface area contributed by atoms with Gasteiger partial charge in [0, 0.05) is 52.4 Å². The molecule has 0 saturated heterocycles. The maximum atomic E-state index is 0. The number of hydrogen-bond donors (Lipinski definition) is 0. The second-order valence-electron chi connectivity index (χ2n) is 0. The van der Waals surface area contributed by atoms with Crippen molar-refractivity contribution >= 4 is 0 Å². The molecular weight excluding hydrogens is 511 g/mol. The molecule has 0 rings (SSSR count). The van der Waals surface area contributed by atoms with Gasteiger partial charge in [0.25, 0.3) is 0 Å². The van der Waals surface area contributed by atoms with Crippen molar-refractivity contribution in [1.82, 2.24) is 0 Å². The number of rotatable bonds is 0. The fourth-order valence-electron chi connectivity index (χ4n) is 0. The van der Waals surface area contributed by atoms with Crippen molar-refractivity contribution in [1.29, 1.82) is 0 Å². The molecule has 0 unspecified atom stereocenters. The summed E-state index contributed by atoms with van der Waals surface area (Å²) in [5.74, 6) is 0. The average molecular weight is 511 g/mol. The Labute approximate surface area is 148 Å². The summed E-state index contributed by atoms with van der Waals surface area (Å²) in [7, 11) is 0. The first-order chi connectivity index (χ1) is 0. The van der Waals surface area contributed by atoms with Crippen LogP contribution in [0.2, 0.25) is 0 Å². The van der Waals surface area contributed by atoms with Gasteiger partial charge in [0.15, 0.2) is 0 Å². The first kappa shape index (κ1) is 63.7. The molecule has 0 bridgehead atoms. The molecule has 0 spiro atoms. The molecule has 0 saturated carbocycles. The third-order valence-electron chi connectivity index (χ3n) is 0. The van der Waals surface area contributed by atoms with Crippen molar-refractivity contribution in [2.24, 2.45) is 0 Å². The zero-order chi connectivity index (χ0) is 0. The van der Waals surface area contributed by atoms with Crippen LogP contribution in [0.5, 0.6) is 0 Å². The Morgan fingerprint density at radius 3 is 0.429 bits per heavy atom. The van der Waals surface area contributed by atoms with Crippen LogP contribution in [-0.2, 0) is 68.8 Å². The molecule has 0 aliphatic carbocycles. The van der Waals surface area contributed by atoms with Gasteiger partial charge < -0.3 is 16.4 Å². The third-order valence-corrected chi connectivity index (χ3v) is 0. The van der Waals surface area contributed by atoms with Gasteiger partial charge in [-0.05, 0) is 0 Å². The van der Waals surface area contributed by atoms with Crippen LogP contribution in [0.15, 0.2) is 0 Å². The van der Waals surface area contributed by atoms with E-state index in [4.69, 9.17) is 0 Å². The Morgan fingerprint density at radius 1 is 0.429 bits per heavy atom. The Kier molecular flexibility index (Phi) is 432. The van der Waals surface area contributed by atoms with Crippen molar-refractivity contribution < 1.29 is 152 Å². The van der Waals surface area contributed by atoms with Gasteiger partial charge in [0.05, 0.1) is 0 Å². The van der Waals surface area contributed by atoms with E-state index in [1.807, 2.05) is 0 Å². The van der Waals surface area contributed by atoms with Crippen molar-refractivity contribution in [3.63, 3.8) is 0 Å². The van der Waals surface area contributed by atoms with Crippen molar-refractivity contribution in [2.45, 2.75) is 0 Å². The summed E-state index contributed by atoms with van der Waals surface area (Å²) in [6.07, 6.45) is 0. The van der Waals surface area contributed by atoms with Crippen LogP contribution in [0.1, 0.15) is 0 Å². The molecule has 0 atom stereocenters. The van der Waals surface area contributed by atoms with Gasteiger partial charge in [-0.15, -0.1) is 0 Å². The minimum absolute atomic E-state index is 0. The van der Waals surface area contributed by atoms with Crippen LogP contribution in [0.4, 0.5) is 0 Å². The number of hydrogen-bond acceptors (Lipinski definition) is 0. The standard InChI is InChI=1S/2Ce.3O.2Zr/q2*+3;3*-2;;. The maximum Gasteiger partial charge on any atom is 3.00 e. The summed E-state index contributed by atoms with van der Waals surface area (Å²) in [4.78, 5) is 0. The summed E-state index contributed by atoms with van der Waals surface area (Å²) in [5.41, 5.74) is 0. The molecule has 2 radical (unpaired) electrons. The fraction of sp³-hybridized carbons (Fsp3) is 0. The van der Waals surface area contributed by atoms with Crippen LogP contribution in [0, 0.1) is 83.5 Å². The molecule has 0 aromatic heterocycles. The van der Waals surface area contributed by atoms with Crippen LogP contribution >= 0.6 is 0 Å². The monoisotopic (exact) mass is 508 g/mol. The largest absolute Gasteiger partial charge is 3.00 e. The average Bonchev–Trinajstić information content (AvgIpc) is 0. The fourth-order valence-corrected chi connectivity index (χ4v) is 0. The molecule has 0 aliphatic rings. The Balaban J connectivity index is 0. The van der Waals surface area contributed by atoms with E-state index >= 15 is 0 Å². The Morgan fingerprint density at radius 2 is 0.429 bits per heavy atom. The predicted octanol–water partition coefficient (Wildman–Crippen LogP) is -0.361. The van der Waals surface area contributed by atoms with E-state index in [-0.39, 0.29) is 152 Å². The summed E-state index contributed by atoms with van der Waals surface area (Å²) in [6.45, 7) is 0. The molecule has 0 aliphatic heterocycles. The quantitative estimate of drug-likeness (QED) is 0.426. The van der Waals surface area contributed by atoms with Crippen molar-refractivity contribution in [3.05, 3.63) is 0 Å². The second-order valence-corrected chi connectivity index (χ2v) is 0. The van der Waals surface area contributed by atoms with E-state index in [9.17, 15) is 0 Å². The summed E-state index contributed by atoms with van der Waals surface area (Å²) >= 11 is 0. The smallest absolute Gasteiger partial charge is 2.00 e. The van der Waals surface area contributed by atoms with E-state index in [1.54, 1.807) is 0 Å². The molecule has 0 N–H and O–H groups in total. The summed E-state index contributed by atoms with van der Waals surface area (Å²) in [6, 6.07) is 0. The van der Waals surface area contributed by atoms with Crippen LogP contribution in [0.3, 0.4) is 0 Å². The van der Waals surface area contributed by atoms with Gasteiger partial charge in [-0.2, -0.15) is 0 Å². The molecule has 0 amide bonds. The molecular formula is Ce2O3Zr2. The third kappa shape index (κ3) is 37.9. The van der Waals surface area contributed by atoms with Crippen molar-refractivity contribution in [3.8, 4) is 0 Å². The normalized spacial score (nSPS) is 0. The van der Waals surface area contributed by atoms with Gasteiger partial charge in [-0.1, -0.05) is 0 Å². The molecule has 34 valence electrons. The molecule has 0 fully saturated rings. The molecule has 3 nitrogen and oxygen atoms in total. The molecule has 7 heteroatoms. The SMILES string of the molecule is [Ce+3].[Ce+3].[O-2].[O-2].[O-2].[Zr].[Zr]. The first-order valence-corrected chi connectivity index (χ1v) is 0.